The molecule has 4 nitrogen and oxygen atoms in total. The van der Waals surface area contributed by atoms with Crippen molar-refractivity contribution in [2.24, 2.45) is 5.10 Å². The maximum atomic E-state index is 10.7. The first-order valence-corrected chi connectivity index (χ1v) is 4.22. The lowest BCUT2D eigenvalue weighted by atomic mass is 10.5. The zero-order valence-electron chi connectivity index (χ0n) is 7.45. The fraction of sp³-hybridized carbons (Fsp3) is 0. The van der Waals surface area contributed by atoms with Gasteiger partial charge in [0.15, 0.2) is 0 Å². The third-order valence-corrected chi connectivity index (χ3v) is 1.72. The summed E-state index contributed by atoms with van der Waals surface area (Å²) in [5.74, 6) is 0. The fourth-order valence-electron chi connectivity index (χ4n) is 1.06. The zero-order valence-corrected chi connectivity index (χ0v) is 7.45. The Morgan fingerprint density at radius 2 is 1.71 bits per heavy atom. The second-order valence-electron chi connectivity index (χ2n) is 2.77. The first-order valence-electron chi connectivity index (χ1n) is 4.22. The highest BCUT2D eigenvalue weighted by molar-refractivity contribution is 4.93. The van der Waals surface area contributed by atoms with Crippen LogP contribution < -0.4 is 10.0 Å². The average molecular weight is 187 g/mol. The van der Waals surface area contributed by atoms with E-state index in [1.807, 2.05) is 30.6 Å². The second kappa shape index (κ2) is 3.74. The van der Waals surface area contributed by atoms with Gasteiger partial charge in [-0.15, -0.1) is 0 Å². The molecule has 0 spiro atoms. The largest absolute Gasteiger partial charge is 0.806 e. The maximum Gasteiger partial charge on any atom is 0.202 e. The minimum atomic E-state index is 0.731. The molecule has 0 aliphatic carbocycles. The van der Waals surface area contributed by atoms with Gasteiger partial charge in [-0.1, -0.05) is 10.7 Å². The van der Waals surface area contributed by atoms with Crippen molar-refractivity contribution in [2.45, 2.75) is 0 Å². The van der Waals surface area contributed by atoms with E-state index in [0.29, 0.717) is 0 Å². The Hall–Kier alpha value is -2.10. The summed E-state index contributed by atoms with van der Waals surface area (Å²) in [7, 11) is 0. The van der Waals surface area contributed by atoms with Crippen LogP contribution >= 0.6 is 0 Å². The van der Waals surface area contributed by atoms with Crippen molar-refractivity contribution < 1.29 is 4.68 Å². The maximum absolute atomic E-state index is 10.7. The van der Waals surface area contributed by atoms with Crippen molar-refractivity contribution in [3.63, 3.8) is 0 Å². The standard InChI is InChI=1S/C10H9N3O/c14-13-8-4-10(5-9-13)11-12-6-2-1-3-7-12/h1-9H. The van der Waals surface area contributed by atoms with Crippen molar-refractivity contribution in [2.75, 3.05) is 0 Å². The van der Waals surface area contributed by atoms with E-state index in [-0.39, 0.29) is 0 Å². The highest BCUT2D eigenvalue weighted by Gasteiger charge is 1.91. The Morgan fingerprint density at radius 1 is 1.07 bits per heavy atom. The molecule has 0 amide bonds. The molecule has 0 radical (unpaired) electrons. The van der Waals surface area contributed by atoms with Gasteiger partial charge in [-0.05, 0) is 12.1 Å². The third-order valence-electron chi connectivity index (χ3n) is 1.72. The molecule has 0 aromatic carbocycles. The number of pyridine rings is 2. The van der Waals surface area contributed by atoms with E-state index in [4.69, 9.17) is 0 Å². The monoisotopic (exact) mass is 187 g/mol. The van der Waals surface area contributed by atoms with E-state index >= 15 is 0 Å². The summed E-state index contributed by atoms with van der Waals surface area (Å²) in [4.78, 5) is 0. The topological polar surface area (TPSA) is 44.2 Å². The highest BCUT2D eigenvalue weighted by Crippen LogP contribution is 1.78. The first kappa shape index (κ1) is 8.50. The van der Waals surface area contributed by atoms with Gasteiger partial charge in [-0.2, -0.15) is 0 Å². The fourth-order valence-corrected chi connectivity index (χ4v) is 1.06. The van der Waals surface area contributed by atoms with Crippen LogP contribution in [0.25, 0.3) is 0 Å². The van der Waals surface area contributed by atoms with Gasteiger partial charge in [0.25, 0.3) is 0 Å². The molecule has 0 bridgehead atoms. The molecule has 70 valence electrons. The Bertz CT molecular complexity index is 456. The number of hydrogen-bond donors (Lipinski definition) is 0. The molecule has 0 aliphatic heterocycles. The average Bonchev–Trinajstić information content (AvgIpc) is 2.23. The predicted octanol–water partition coefficient (Wildman–Crippen LogP) is 0.485. The van der Waals surface area contributed by atoms with Crippen LogP contribution in [0, 0.1) is 5.21 Å². The summed E-state index contributed by atoms with van der Waals surface area (Å²) in [6, 6.07) is 9.02. The van der Waals surface area contributed by atoms with Crippen LogP contribution in [0.1, 0.15) is 0 Å². The normalized spacial score (nSPS) is 9.71. The molecule has 0 saturated heterocycles. The van der Waals surface area contributed by atoms with Crippen LogP contribution in [0.3, 0.4) is 0 Å². The minimum Gasteiger partial charge on any atom is -0.806 e. The predicted molar refractivity (Wildman–Crippen MR) is 50.8 cm³/mol. The molecule has 4 heteroatoms. The summed E-state index contributed by atoms with van der Waals surface area (Å²) < 4.78 is 2.42. The van der Waals surface area contributed by atoms with E-state index < -0.39 is 0 Å². The lowest BCUT2D eigenvalue weighted by Crippen LogP contribution is -2.29. The summed E-state index contributed by atoms with van der Waals surface area (Å²) in [5.41, 5.74) is 0. The molecular formula is C10H9N3O. The number of hydrogen-bond acceptors (Lipinski definition) is 2. The Labute approximate surface area is 81.0 Å². The number of rotatable bonds is 1. The molecular weight excluding hydrogens is 178 g/mol. The quantitative estimate of drug-likeness (QED) is 0.599. The first-order chi connectivity index (χ1) is 6.84. The molecule has 2 aromatic rings. The van der Waals surface area contributed by atoms with Crippen LogP contribution in [-0.2, 0) is 0 Å². The summed E-state index contributed by atoms with van der Waals surface area (Å²) in [6.07, 6.45) is 6.50. The number of nitrogens with zero attached hydrogens (tertiary/aromatic N) is 3. The van der Waals surface area contributed by atoms with Gasteiger partial charge in [-0.25, -0.2) is 0 Å². The molecule has 0 atom stereocenters. The Kier molecular flexibility index (Phi) is 2.27. The summed E-state index contributed by atoms with van der Waals surface area (Å²) >= 11 is 0. The molecule has 0 fully saturated rings. The second-order valence-corrected chi connectivity index (χ2v) is 2.77. The van der Waals surface area contributed by atoms with E-state index in [2.05, 4.69) is 5.10 Å². The molecule has 14 heavy (non-hydrogen) atoms. The highest BCUT2D eigenvalue weighted by atomic mass is 16.5. The smallest absolute Gasteiger partial charge is 0.202 e. The van der Waals surface area contributed by atoms with Crippen molar-refractivity contribution in [1.29, 1.82) is 0 Å². The van der Waals surface area contributed by atoms with Gasteiger partial charge in [-0.3, -0.25) is 0 Å². The van der Waals surface area contributed by atoms with Crippen LogP contribution in [0.5, 0.6) is 0 Å². The Morgan fingerprint density at radius 3 is 2.36 bits per heavy atom. The third kappa shape index (κ3) is 1.98. The molecule has 2 aromatic heterocycles. The van der Waals surface area contributed by atoms with Crippen molar-refractivity contribution in [3.05, 3.63) is 65.7 Å². The van der Waals surface area contributed by atoms with Gasteiger partial charge in [0, 0.05) is 29.6 Å². The van der Waals surface area contributed by atoms with Gasteiger partial charge in [0.05, 0.1) is 0 Å². The molecule has 2 heterocycles. The van der Waals surface area contributed by atoms with Crippen molar-refractivity contribution in [3.8, 4) is 0 Å². The van der Waals surface area contributed by atoms with Crippen LogP contribution in [0.4, 0.5) is 0 Å². The molecule has 0 saturated carbocycles. The van der Waals surface area contributed by atoms with E-state index in [9.17, 15) is 5.21 Å². The van der Waals surface area contributed by atoms with Crippen LogP contribution in [0.2, 0.25) is 0 Å². The SMILES string of the molecule is [O-]n1ccc(=N[n+]2ccccc2)cc1. The molecule has 0 unspecified atom stereocenters. The number of aromatic nitrogens is 2. The van der Waals surface area contributed by atoms with Crippen molar-refractivity contribution in [1.82, 2.24) is 4.73 Å². The summed E-state index contributed by atoms with van der Waals surface area (Å²) in [6.45, 7) is 0. The molecule has 0 N–H and O–H groups in total. The van der Waals surface area contributed by atoms with Gasteiger partial charge < -0.3 is 9.94 Å². The Balaban J connectivity index is 2.40. The van der Waals surface area contributed by atoms with Gasteiger partial charge in [0.1, 0.15) is 5.36 Å². The van der Waals surface area contributed by atoms with E-state index in [0.717, 1.165) is 10.1 Å². The van der Waals surface area contributed by atoms with Gasteiger partial charge in [0.2, 0.25) is 12.4 Å². The van der Waals surface area contributed by atoms with Crippen LogP contribution in [-0.4, -0.2) is 4.73 Å². The van der Waals surface area contributed by atoms with Crippen LogP contribution in [0.15, 0.2) is 60.2 Å². The molecule has 0 aliphatic rings. The molecule has 2 rings (SSSR count). The summed E-state index contributed by atoms with van der Waals surface area (Å²) in [5, 5.41) is 15.7. The van der Waals surface area contributed by atoms with Gasteiger partial charge >= 0.3 is 0 Å². The minimum absolute atomic E-state index is 0.731. The van der Waals surface area contributed by atoms with E-state index in [1.165, 1.54) is 12.4 Å². The lowest BCUT2D eigenvalue weighted by molar-refractivity contribution is -0.683. The van der Waals surface area contributed by atoms with E-state index in [1.54, 1.807) is 16.8 Å². The van der Waals surface area contributed by atoms with Crippen molar-refractivity contribution >= 4 is 0 Å². The zero-order chi connectivity index (χ0) is 9.80. The lowest BCUT2D eigenvalue weighted by Gasteiger charge is -2.05.